The normalized spacial score (nSPS) is 16.9. The van der Waals surface area contributed by atoms with Crippen molar-refractivity contribution in [3.63, 3.8) is 0 Å². The number of rotatable bonds is 3. The van der Waals surface area contributed by atoms with Crippen LogP contribution in [0.1, 0.15) is 44.6 Å². The molecule has 0 radical (unpaired) electrons. The molecular weight excluding hydrogens is 233 g/mol. The van der Waals surface area contributed by atoms with E-state index < -0.39 is 0 Å². The van der Waals surface area contributed by atoms with Crippen molar-refractivity contribution < 1.29 is 4.79 Å². The summed E-state index contributed by atoms with van der Waals surface area (Å²) in [6.07, 6.45) is 2.90. The molecule has 0 aromatic heterocycles. The maximum atomic E-state index is 12.0. The highest BCUT2D eigenvalue weighted by Gasteiger charge is 2.23. The minimum absolute atomic E-state index is 0.331. The van der Waals surface area contributed by atoms with Gasteiger partial charge in [0.05, 0.1) is 0 Å². The summed E-state index contributed by atoms with van der Waals surface area (Å²) in [7, 11) is 2.12. The molecule has 0 N–H and O–H groups in total. The van der Waals surface area contributed by atoms with Crippen LogP contribution >= 0.6 is 0 Å². The van der Waals surface area contributed by atoms with Gasteiger partial charge in [0, 0.05) is 19.5 Å². The van der Waals surface area contributed by atoms with Crippen molar-refractivity contribution in [2.24, 2.45) is 5.92 Å². The first-order valence-corrected chi connectivity index (χ1v) is 7.40. The molecule has 1 aromatic rings. The molecule has 3 heteroatoms. The predicted molar refractivity (Wildman–Crippen MR) is 82.6 cm³/mol. The monoisotopic (exact) mass is 257 g/mol. The molecule has 2 nitrogen and oxygen atoms in total. The summed E-state index contributed by atoms with van der Waals surface area (Å²) in [5.74, 6) is 1.42. The van der Waals surface area contributed by atoms with Crippen LogP contribution < -0.4 is 5.46 Å². The second-order valence-corrected chi connectivity index (χ2v) is 6.16. The second kappa shape index (κ2) is 6.27. The van der Waals surface area contributed by atoms with E-state index in [0.717, 1.165) is 25.9 Å². The number of nitrogens with zero attached hydrogens (tertiary/aromatic N) is 1. The fourth-order valence-corrected chi connectivity index (χ4v) is 2.78. The van der Waals surface area contributed by atoms with Gasteiger partial charge in [-0.1, -0.05) is 43.6 Å². The largest absolute Gasteiger partial charge is 0.343 e. The topological polar surface area (TPSA) is 20.3 Å². The predicted octanol–water partition coefficient (Wildman–Crippen LogP) is 1.70. The molecule has 0 aliphatic carbocycles. The molecule has 0 atom stereocenters. The van der Waals surface area contributed by atoms with Crippen LogP contribution in [0.2, 0.25) is 0 Å². The number of benzene rings is 1. The minimum atomic E-state index is 0.331. The Hall–Kier alpha value is -1.25. The van der Waals surface area contributed by atoms with Gasteiger partial charge in [0.25, 0.3) is 0 Å². The van der Waals surface area contributed by atoms with E-state index in [1.807, 2.05) is 4.90 Å². The number of amides is 1. The van der Waals surface area contributed by atoms with Crippen molar-refractivity contribution in [1.82, 2.24) is 4.90 Å². The average molecular weight is 257 g/mol. The third-order valence-electron chi connectivity index (χ3n) is 3.98. The number of piperidine rings is 1. The van der Waals surface area contributed by atoms with Gasteiger partial charge in [-0.3, -0.25) is 4.79 Å². The van der Waals surface area contributed by atoms with Crippen LogP contribution in [0.25, 0.3) is 0 Å². The van der Waals surface area contributed by atoms with Gasteiger partial charge in [0.2, 0.25) is 5.91 Å². The van der Waals surface area contributed by atoms with Crippen LogP contribution in [0, 0.1) is 5.92 Å². The Morgan fingerprint density at radius 2 is 1.84 bits per heavy atom. The van der Waals surface area contributed by atoms with Crippen molar-refractivity contribution in [2.75, 3.05) is 13.1 Å². The standard InChI is InChI=1S/C16H24BNO/c1-12(2)11-16(19)18-9-7-14(8-10-18)13-3-5-15(17)6-4-13/h3-6,12,14H,7-11,17H2,1-2H3. The Morgan fingerprint density at radius 3 is 2.37 bits per heavy atom. The molecule has 1 aliphatic heterocycles. The van der Waals surface area contributed by atoms with Gasteiger partial charge in [0.15, 0.2) is 0 Å². The van der Waals surface area contributed by atoms with Crippen molar-refractivity contribution >= 4 is 19.2 Å². The number of carbonyl (C=O) groups is 1. The molecule has 0 unspecified atom stereocenters. The molecule has 0 bridgehead atoms. The zero-order chi connectivity index (χ0) is 13.8. The maximum absolute atomic E-state index is 12.0. The van der Waals surface area contributed by atoms with E-state index in [1.54, 1.807) is 0 Å². The van der Waals surface area contributed by atoms with Crippen molar-refractivity contribution in [1.29, 1.82) is 0 Å². The molecule has 0 saturated carbocycles. The Labute approximate surface area is 117 Å². The Morgan fingerprint density at radius 1 is 1.26 bits per heavy atom. The maximum Gasteiger partial charge on any atom is 0.222 e. The van der Waals surface area contributed by atoms with E-state index in [2.05, 4.69) is 46.0 Å². The summed E-state index contributed by atoms with van der Waals surface area (Å²) < 4.78 is 0. The number of hydrogen-bond donors (Lipinski definition) is 0. The molecule has 1 fully saturated rings. The molecule has 1 amide bonds. The first kappa shape index (κ1) is 14.2. The minimum Gasteiger partial charge on any atom is -0.343 e. The fraction of sp³-hybridized carbons (Fsp3) is 0.562. The molecular formula is C16H24BNO. The van der Waals surface area contributed by atoms with E-state index in [9.17, 15) is 4.79 Å². The lowest BCUT2D eigenvalue weighted by atomic mass is 9.86. The molecule has 19 heavy (non-hydrogen) atoms. The molecule has 1 aliphatic rings. The Kier molecular flexibility index (Phi) is 4.68. The highest BCUT2D eigenvalue weighted by Crippen LogP contribution is 2.27. The lowest BCUT2D eigenvalue weighted by Crippen LogP contribution is -2.38. The Balaban J connectivity index is 1.88. The quantitative estimate of drug-likeness (QED) is 0.755. The van der Waals surface area contributed by atoms with Crippen molar-refractivity contribution in [3.8, 4) is 0 Å². The van der Waals surface area contributed by atoms with E-state index in [-0.39, 0.29) is 0 Å². The molecule has 102 valence electrons. The Bertz CT molecular complexity index is 419. The summed E-state index contributed by atoms with van der Waals surface area (Å²) in [5.41, 5.74) is 2.75. The summed E-state index contributed by atoms with van der Waals surface area (Å²) in [4.78, 5) is 14.1. The summed E-state index contributed by atoms with van der Waals surface area (Å²) in [6, 6.07) is 8.86. The second-order valence-electron chi connectivity index (χ2n) is 6.16. The first-order chi connectivity index (χ1) is 9.06. The van der Waals surface area contributed by atoms with Gasteiger partial charge in [-0.05, 0) is 30.2 Å². The number of carbonyl (C=O) groups excluding carboxylic acids is 1. The summed E-state index contributed by atoms with van der Waals surface area (Å²) in [5, 5.41) is 0. The lowest BCUT2D eigenvalue weighted by Gasteiger charge is -2.32. The van der Waals surface area contributed by atoms with Crippen LogP contribution in [0.15, 0.2) is 24.3 Å². The van der Waals surface area contributed by atoms with Gasteiger partial charge in [-0.2, -0.15) is 0 Å². The highest BCUT2D eigenvalue weighted by molar-refractivity contribution is 6.32. The summed E-state index contributed by atoms with van der Waals surface area (Å²) >= 11 is 0. The lowest BCUT2D eigenvalue weighted by molar-refractivity contribution is -0.133. The third kappa shape index (κ3) is 3.86. The zero-order valence-electron chi connectivity index (χ0n) is 12.4. The van der Waals surface area contributed by atoms with Crippen LogP contribution in [-0.4, -0.2) is 31.7 Å². The molecule has 1 saturated heterocycles. The van der Waals surface area contributed by atoms with Gasteiger partial charge in [-0.25, -0.2) is 0 Å². The van der Waals surface area contributed by atoms with Crippen LogP contribution in [-0.2, 0) is 4.79 Å². The summed E-state index contributed by atoms with van der Waals surface area (Å²) in [6.45, 7) is 6.06. The SMILES string of the molecule is Bc1ccc(C2CCN(C(=O)CC(C)C)CC2)cc1. The fourth-order valence-electron chi connectivity index (χ4n) is 2.78. The zero-order valence-corrected chi connectivity index (χ0v) is 12.4. The van der Waals surface area contributed by atoms with E-state index in [1.165, 1.54) is 11.0 Å². The van der Waals surface area contributed by atoms with Crippen LogP contribution in [0.4, 0.5) is 0 Å². The van der Waals surface area contributed by atoms with E-state index in [4.69, 9.17) is 0 Å². The van der Waals surface area contributed by atoms with Crippen LogP contribution in [0.5, 0.6) is 0 Å². The molecule has 1 heterocycles. The first-order valence-electron chi connectivity index (χ1n) is 7.40. The third-order valence-corrected chi connectivity index (χ3v) is 3.98. The average Bonchev–Trinajstić information content (AvgIpc) is 2.39. The highest BCUT2D eigenvalue weighted by atomic mass is 16.2. The number of hydrogen-bond acceptors (Lipinski definition) is 1. The van der Waals surface area contributed by atoms with Crippen LogP contribution in [0.3, 0.4) is 0 Å². The molecule has 1 aromatic carbocycles. The van der Waals surface area contributed by atoms with Gasteiger partial charge < -0.3 is 4.90 Å². The van der Waals surface area contributed by atoms with Crippen molar-refractivity contribution in [2.45, 2.75) is 39.0 Å². The van der Waals surface area contributed by atoms with Gasteiger partial charge >= 0.3 is 0 Å². The van der Waals surface area contributed by atoms with Gasteiger partial charge in [-0.15, -0.1) is 0 Å². The van der Waals surface area contributed by atoms with Crippen molar-refractivity contribution in [3.05, 3.63) is 29.8 Å². The van der Waals surface area contributed by atoms with Gasteiger partial charge in [0.1, 0.15) is 7.85 Å². The van der Waals surface area contributed by atoms with E-state index in [0.29, 0.717) is 24.2 Å². The molecule has 0 spiro atoms. The smallest absolute Gasteiger partial charge is 0.222 e. The number of likely N-dealkylation sites (tertiary alicyclic amines) is 1. The van der Waals surface area contributed by atoms with E-state index >= 15 is 0 Å². The molecule has 2 rings (SSSR count).